The number of nitrogens with zero attached hydrogens (tertiary/aromatic N) is 3. The summed E-state index contributed by atoms with van der Waals surface area (Å²) < 4.78 is 40.8. The number of carbonyl (C=O) groups is 1. The standard InChI is InChI=1S/C26H25F2N3O4/c27-20-2-1-3-21(28)23(20)24-19(25(35-30-24)14-4-5-14)13-34-18-8-16-11-31(12-17(16)9-18)22-7-6-15(10-29-22)26(32)33/h1-3,6-7,10,14,16-18H,4-5,8-9,11-13H2,(H,32,33)/t16-,17+,18+. The monoisotopic (exact) mass is 481 g/mol. The summed E-state index contributed by atoms with van der Waals surface area (Å²) in [5.41, 5.74) is 0.860. The van der Waals surface area contributed by atoms with Gasteiger partial charge in [0.15, 0.2) is 0 Å². The van der Waals surface area contributed by atoms with Gasteiger partial charge in [-0.3, -0.25) is 0 Å². The third kappa shape index (κ3) is 4.18. The third-order valence-electron chi connectivity index (χ3n) is 7.46. The second kappa shape index (κ2) is 8.71. The molecule has 2 aliphatic carbocycles. The summed E-state index contributed by atoms with van der Waals surface area (Å²) >= 11 is 0. The minimum absolute atomic E-state index is 0.0507. The van der Waals surface area contributed by atoms with Gasteiger partial charge in [0, 0.05) is 30.8 Å². The first kappa shape index (κ1) is 22.2. The van der Waals surface area contributed by atoms with Crippen LogP contribution in [0.2, 0.25) is 0 Å². The van der Waals surface area contributed by atoms with Crippen molar-refractivity contribution in [1.29, 1.82) is 0 Å². The predicted molar refractivity (Wildman–Crippen MR) is 122 cm³/mol. The van der Waals surface area contributed by atoms with E-state index in [2.05, 4.69) is 15.0 Å². The molecular formula is C26H25F2N3O4. The molecule has 3 aliphatic rings. The van der Waals surface area contributed by atoms with Crippen LogP contribution in [0.4, 0.5) is 14.6 Å². The summed E-state index contributed by atoms with van der Waals surface area (Å²) in [6, 6.07) is 7.12. The Morgan fingerprint density at radius 3 is 2.43 bits per heavy atom. The highest BCUT2D eigenvalue weighted by atomic mass is 19.1. The molecule has 1 saturated heterocycles. The van der Waals surface area contributed by atoms with Crippen LogP contribution in [0.3, 0.4) is 0 Å². The molecule has 0 bridgehead atoms. The van der Waals surface area contributed by atoms with Gasteiger partial charge in [0.25, 0.3) is 0 Å². The topological polar surface area (TPSA) is 88.7 Å². The first-order chi connectivity index (χ1) is 17.0. The zero-order valence-electron chi connectivity index (χ0n) is 19.0. The molecule has 0 spiro atoms. The van der Waals surface area contributed by atoms with Gasteiger partial charge in [-0.2, -0.15) is 0 Å². The van der Waals surface area contributed by atoms with Gasteiger partial charge >= 0.3 is 5.97 Å². The van der Waals surface area contributed by atoms with Crippen LogP contribution in [0.15, 0.2) is 41.1 Å². The lowest BCUT2D eigenvalue weighted by Crippen LogP contribution is -2.24. The van der Waals surface area contributed by atoms with Crippen molar-refractivity contribution in [2.75, 3.05) is 18.0 Å². The van der Waals surface area contributed by atoms with Crippen molar-refractivity contribution in [3.63, 3.8) is 0 Å². The van der Waals surface area contributed by atoms with E-state index in [-0.39, 0.29) is 35.4 Å². The molecule has 0 amide bonds. The van der Waals surface area contributed by atoms with Gasteiger partial charge in [-0.1, -0.05) is 11.2 Å². The van der Waals surface area contributed by atoms with Gasteiger partial charge in [0.1, 0.15) is 28.9 Å². The van der Waals surface area contributed by atoms with Gasteiger partial charge in [-0.15, -0.1) is 0 Å². The Bertz CT molecular complexity index is 1220. The number of aromatic nitrogens is 2. The lowest BCUT2D eigenvalue weighted by atomic mass is 10.0. The van der Waals surface area contributed by atoms with Crippen LogP contribution in [0.1, 0.15) is 53.3 Å². The van der Waals surface area contributed by atoms with Crippen molar-refractivity contribution < 1.29 is 27.9 Å². The molecular weight excluding hydrogens is 456 g/mol. The van der Waals surface area contributed by atoms with Gasteiger partial charge < -0.3 is 19.3 Å². The number of hydrogen-bond acceptors (Lipinski definition) is 6. The number of hydrogen-bond donors (Lipinski definition) is 1. The molecule has 3 aromatic rings. The number of halogens is 2. The Labute approximate surface area is 200 Å². The van der Waals surface area contributed by atoms with Crippen LogP contribution < -0.4 is 4.90 Å². The first-order valence-corrected chi connectivity index (χ1v) is 12.0. The highest BCUT2D eigenvalue weighted by Crippen LogP contribution is 2.46. The number of pyridine rings is 1. The second-order valence-corrected chi connectivity index (χ2v) is 9.78. The molecule has 182 valence electrons. The van der Waals surface area contributed by atoms with Crippen LogP contribution in [-0.2, 0) is 11.3 Å². The number of carboxylic acid groups (broad SMARTS) is 1. The van der Waals surface area contributed by atoms with Gasteiger partial charge in [0.2, 0.25) is 0 Å². The zero-order valence-corrected chi connectivity index (χ0v) is 19.0. The number of anilines is 1. The lowest BCUT2D eigenvalue weighted by Gasteiger charge is -2.20. The molecule has 1 aromatic carbocycles. The van der Waals surface area contributed by atoms with Crippen molar-refractivity contribution in [1.82, 2.24) is 10.1 Å². The molecule has 0 unspecified atom stereocenters. The fourth-order valence-electron chi connectivity index (χ4n) is 5.52. The molecule has 0 radical (unpaired) electrons. The fraction of sp³-hybridized carbons (Fsp3) is 0.423. The molecule has 3 heterocycles. The normalized spacial score (nSPS) is 23.6. The van der Waals surface area contributed by atoms with Crippen LogP contribution in [-0.4, -0.2) is 40.4 Å². The van der Waals surface area contributed by atoms with Gasteiger partial charge in [0.05, 0.1) is 23.8 Å². The SMILES string of the molecule is O=C(O)c1ccc(N2C[C@H]3C[C@H](OCc4c(-c5c(F)cccc5F)noc4C4CC4)C[C@H]3C2)nc1. The Morgan fingerprint density at radius 2 is 1.83 bits per heavy atom. The summed E-state index contributed by atoms with van der Waals surface area (Å²) in [5.74, 6) is 0.302. The molecule has 1 aliphatic heterocycles. The van der Waals surface area contributed by atoms with Crippen LogP contribution in [0, 0.1) is 23.5 Å². The number of rotatable bonds is 7. The van der Waals surface area contributed by atoms with Crippen LogP contribution in [0.5, 0.6) is 0 Å². The Morgan fingerprint density at radius 1 is 1.11 bits per heavy atom. The lowest BCUT2D eigenvalue weighted by molar-refractivity contribution is 0.0402. The number of ether oxygens (including phenoxy) is 1. The van der Waals surface area contributed by atoms with Crippen molar-refractivity contribution in [2.45, 2.75) is 44.3 Å². The molecule has 6 rings (SSSR count). The number of benzene rings is 1. The summed E-state index contributed by atoms with van der Waals surface area (Å²) in [5, 5.41) is 13.1. The van der Waals surface area contributed by atoms with Gasteiger partial charge in [-0.25, -0.2) is 18.6 Å². The summed E-state index contributed by atoms with van der Waals surface area (Å²) in [6.07, 6.45) is 5.18. The maximum Gasteiger partial charge on any atom is 0.337 e. The quantitative estimate of drug-likeness (QED) is 0.507. The third-order valence-corrected chi connectivity index (χ3v) is 7.46. The molecule has 9 heteroatoms. The maximum absolute atomic E-state index is 14.5. The second-order valence-electron chi connectivity index (χ2n) is 9.78. The van der Waals surface area contributed by atoms with Crippen molar-refractivity contribution in [2.24, 2.45) is 11.8 Å². The minimum Gasteiger partial charge on any atom is -0.478 e. The molecule has 35 heavy (non-hydrogen) atoms. The summed E-state index contributed by atoms with van der Waals surface area (Å²) in [7, 11) is 0. The largest absolute Gasteiger partial charge is 0.478 e. The zero-order chi connectivity index (χ0) is 24.1. The van der Waals surface area contributed by atoms with E-state index in [1.54, 1.807) is 12.1 Å². The van der Waals surface area contributed by atoms with Crippen LogP contribution >= 0.6 is 0 Å². The van der Waals surface area contributed by atoms with Crippen molar-refractivity contribution in [3.8, 4) is 11.3 Å². The van der Waals surface area contributed by atoms with E-state index in [1.807, 2.05) is 0 Å². The van der Waals surface area contributed by atoms with E-state index in [0.717, 1.165) is 44.6 Å². The summed E-state index contributed by atoms with van der Waals surface area (Å²) in [4.78, 5) is 17.6. The smallest absolute Gasteiger partial charge is 0.337 e. The molecule has 7 nitrogen and oxygen atoms in total. The Balaban J connectivity index is 1.13. The number of fused-ring (bicyclic) bond motifs is 1. The highest BCUT2D eigenvalue weighted by Gasteiger charge is 2.42. The number of aromatic carboxylic acids is 1. The van der Waals surface area contributed by atoms with Crippen molar-refractivity contribution >= 4 is 11.8 Å². The van der Waals surface area contributed by atoms with E-state index >= 15 is 0 Å². The fourth-order valence-corrected chi connectivity index (χ4v) is 5.52. The van der Waals surface area contributed by atoms with E-state index in [0.29, 0.717) is 23.2 Å². The molecule has 3 fully saturated rings. The maximum atomic E-state index is 14.5. The molecule has 2 saturated carbocycles. The molecule has 1 N–H and O–H groups in total. The average Bonchev–Trinajstić information content (AvgIpc) is 3.31. The van der Waals surface area contributed by atoms with Crippen molar-refractivity contribution in [3.05, 3.63) is 65.1 Å². The summed E-state index contributed by atoms with van der Waals surface area (Å²) in [6.45, 7) is 1.90. The minimum atomic E-state index is -0.985. The molecule has 3 atom stereocenters. The Hall–Kier alpha value is -3.33. The first-order valence-electron chi connectivity index (χ1n) is 12.0. The predicted octanol–water partition coefficient (Wildman–Crippen LogP) is 5.02. The highest BCUT2D eigenvalue weighted by molar-refractivity contribution is 5.87. The van der Waals surface area contributed by atoms with Crippen LogP contribution in [0.25, 0.3) is 11.3 Å². The van der Waals surface area contributed by atoms with E-state index in [1.165, 1.54) is 24.4 Å². The van der Waals surface area contributed by atoms with E-state index in [9.17, 15) is 13.6 Å². The molecule has 2 aromatic heterocycles. The van der Waals surface area contributed by atoms with E-state index in [4.69, 9.17) is 14.4 Å². The Kier molecular flexibility index (Phi) is 5.51. The number of carboxylic acids is 1. The van der Waals surface area contributed by atoms with E-state index < -0.39 is 17.6 Å². The van der Waals surface area contributed by atoms with Gasteiger partial charge in [-0.05, 0) is 61.8 Å². The average molecular weight is 481 g/mol.